The minimum atomic E-state index is -0.0579. The van der Waals surface area contributed by atoms with Crippen molar-refractivity contribution >= 4 is 56.0 Å². The van der Waals surface area contributed by atoms with Crippen LogP contribution in [0.1, 0.15) is 136 Å². The van der Waals surface area contributed by atoms with Crippen molar-refractivity contribution in [1.82, 2.24) is 19.9 Å². The highest BCUT2D eigenvalue weighted by Crippen LogP contribution is 2.43. The highest BCUT2D eigenvalue weighted by molar-refractivity contribution is 6.11. The molecule has 0 atom stereocenters. The fourth-order valence-corrected chi connectivity index (χ4v) is 8.37. The molecule has 0 spiro atoms. The molecular weight excluding hydrogens is 615 g/mol. The minimum Gasteiger partial charge on any atom is -0.355 e. The van der Waals surface area contributed by atoms with Gasteiger partial charge >= 0.3 is 0 Å². The summed E-state index contributed by atoms with van der Waals surface area (Å²) in [6.45, 7) is 17.8. The normalized spacial score (nSPS) is 13.1. The zero-order valence-electron chi connectivity index (χ0n) is 31.5. The van der Waals surface area contributed by atoms with Crippen molar-refractivity contribution in [2.45, 2.75) is 107 Å². The van der Waals surface area contributed by atoms with E-state index < -0.39 is 0 Å². The van der Waals surface area contributed by atoms with Crippen molar-refractivity contribution in [3.63, 3.8) is 0 Å². The molecule has 4 aromatic rings. The van der Waals surface area contributed by atoms with E-state index in [4.69, 9.17) is 9.97 Å². The molecule has 0 saturated carbocycles. The molecule has 260 valence electrons. The lowest BCUT2D eigenvalue weighted by molar-refractivity contribution is 0.0993. The van der Waals surface area contributed by atoms with E-state index in [-0.39, 0.29) is 5.91 Å². The van der Waals surface area contributed by atoms with Crippen molar-refractivity contribution < 1.29 is 4.79 Å². The molecule has 2 N–H and O–H groups in total. The highest BCUT2D eigenvalue weighted by Gasteiger charge is 2.29. The van der Waals surface area contributed by atoms with Gasteiger partial charge in [-0.2, -0.15) is 0 Å². The number of allylic oxidation sites excluding steroid dienone is 4. The van der Waals surface area contributed by atoms with Gasteiger partial charge in [-0.25, -0.2) is 9.97 Å². The van der Waals surface area contributed by atoms with Gasteiger partial charge in [-0.1, -0.05) is 73.6 Å². The van der Waals surface area contributed by atoms with Crippen molar-refractivity contribution in [2.75, 3.05) is 11.9 Å². The van der Waals surface area contributed by atoms with E-state index in [0.29, 0.717) is 5.56 Å². The first kappa shape index (κ1) is 35.1. The van der Waals surface area contributed by atoms with Crippen LogP contribution in [0.2, 0.25) is 0 Å². The number of aryl methyl sites for hydroxylation is 4. The summed E-state index contributed by atoms with van der Waals surface area (Å²) in [5.41, 5.74) is 19.9. The Hall–Kier alpha value is -4.71. The van der Waals surface area contributed by atoms with E-state index in [1.165, 1.54) is 44.5 Å². The van der Waals surface area contributed by atoms with E-state index in [0.717, 1.165) is 102 Å². The van der Waals surface area contributed by atoms with Crippen LogP contribution in [0.4, 0.5) is 5.69 Å². The number of aromatic amines is 2. The number of aromatic nitrogens is 4. The molecule has 2 aliphatic heterocycles. The average Bonchev–Trinajstić information content (AvgIpc) is 3.87. The molecule has 0 unspecified atom stereocenters. The number of fused-ring (bicyclic) bond motifs is 8. The van der Waals surface area contributed by atoms with Crippen molar-refractivity contribution in [3.05, 3.63) is 99.1 Å². The molecule has 1 amide bonds. The van der Waals surface area contributed by atoms with Crippen LogP contribution in [0.25, 0.3) is 44.4 Å². The molecule has 3 aromatic heterocycles. The van der Waals surface area contributed by atoms with Crippen LogP contribution in [0.3, 0.4) is 0 Å². The van der Waals surface area contributed by atoms with Crippen molar-refractivity contribution in [1.29, 1.82) is 0 Å². The Morgan fingerprint density at radius 2 is 1.04 bits per heavy atom. The summed E-state index contributed by atoms with van der Waals surface area (Å²) in [6.07, 6.45) is 6.99. The average molecular weight is 668 g/mol. The Morgan fingerprint density at radius 3 is 1.60 bits per heavy atom. The van der Waals surface area contributed by atoms with Gasteiger partial charge in [0.25, 0.3) is 5.91 Å². The number of carbonyl (C=O) groups is 1. The largest absolute Gasteiger partial charge is 0.355 e. The lowest BCUT2D eigenvalue weighted by Crippen LogP contribution is -2.27. The number of hydrogen-bond acceptors (Lipinski definition) is 3. The Kier molecular flexibility index (Phi) is 10.3. The second-order valence-corrected chi connectivity index (χ2v) is 13.3. The molecule has 1 aromatic carbocycles. The van der Waals surface area contributed by atoms with Crippen LogP contribution in [0.15, 0.2) is 48.5 Å². The number of hydrogen-bond donors (Lipinski definition) is 2. The molecule has 0 fully saturated rings. The first-order valence-electron chi connectivity index (χ1n) is 18.9. The third kappa shape index (κ3) is 5.82. The second kappa shape index (κ2) is 14.6. The summed E-state index contributed by atoms with van der Waals surface area (Å²) in [6, 6.07) is 16.4. The summed E-state index contributed by atoms with van der Waals surface area (Å²) in [5.74, 6) is -0.0579. The molecule has 6 nitrogen and oxygen atoms in total. The van der Waals surface area contributed by atoms with E-state index in [2.05, 4.69) is 83.6 Å². The van der Waals surface area contributed by atoms with Crippen LogP contribution in [0.5, 0.6) is 0 Å². The number of carbonyl (C=O) groups excluding carboxylic acids is 1. The topological polar surface area (TPSA) is 77.7 Å². The first-order valence-corrected chi connectivity index (χ1v) is 18.9. The van der Waals surface area contributed by atoms with E-state index in [1.807, 2.05) is 42.3 Å². The van der Waals surface area contributed by atoms with Gasteiger partial charge in [0.15, 0.2) is 0 Å². The Bertz CT molecular complexity index is 2180. The van der Waals surface area contributed by atoms with Gasteiger partial charge in [-0.15, -0.1) is 0 Å². The Labute approximate surface area is 297 Å². The molecule has 50 heavy (non-hydrogen) atoms. The summed E-state index contributed by atoms with van der Waals surface area (Å²) < 4.78 is 0. The SMILES string of the molecule is CCC1=C(CC)c2cc3[nH]c(cc4[nH]c(c(CC)c4CC)c(N(C)C(=O)c4ccccc4)c4nc(cc1n2)C(CC)=C4CC)c(CC)c3CC. The number of benzene rings is 1. The van der Waals surface area contributed by atoms with Crippen LogP contribution < -0.4 is 4.90 Å². The standard InChI is InChI=1S/C44H53N5O/c1-10-27-29(12-3)37-24-39-31(14-5)33(16-7)41(47-39)43(49(9)44(50)26-21-19-18-20-22-26)42-34(17-8)32(15-6)40(48-42)25-38-30(13-4)28(11-2)36(46-38)23-35(27)45-37/h18-25,45,47H,10-17H2,1-9H3. The van der Waals surface area contributed by atoms with Crippen molar-refractivity contribution in [3.8, 4) is 0 Å². The maximum Gasteiger partial charge on any atom is 0.258 e. The fraction of sp³-hybridized carbons (Fsp3) is 0.386. The quantitative estimate of drug-likeness (QED) is 0.177. The number of nitrogens with zero attached hydrogens (tertiary/aromatic N) is 3. The monoisotopic (exact) mass is 667 g/mol. The van der Waals surface area contributed by atoms with Gasteiger partial charge in [0.2, 0.25) is 0 Å². The minimum absolute atomic E-state index is 0.0579. The number of anilines is 1. The lowest BCUT2D eigenvalue weighted by atomic mass is 9.96. The number of nitrogens with one attached hydrogen (secondary N) is 2. The second-order valence-electron chi connectivity index (χ2n) is 13.3. The molecule has 6 rings (SSSR count). The highest BCUT2D eigenvalue weighted by atomic mass is 16.2. The number of rotatable bonds is 10. The predicted octanol–water partition coefficient (Wildman–Crippen LogP) is 11.3. The first-order chi connectivity index (χ1) is 24.3. The van der Waals surface area contributed by atoms with Gasteiger partial charge in [0.1, 0.15) is 0 Å². The predicted molar refractivity (Wildman–Crippen MR) is 212 cm³/mol. The Balaban J connectivity index is 1.88. The maximum atomic E-state index is 14.3. The molecule has 0 aliphatic carbocycles. The zero-order valence-corrected chi connectivity index (χ0v) is 31.5. The van der Waals surface area contributed by atoms with Gasteiger partial charge in [-0.05, 0) is 126 Å². The van der Waals surface area contributed by atoms with Crippen LogP contribution >= 0.6 is 0 Å². The molecule has 6 heteroatoms. The summed E-state index contributed by atoms with van der Waals surface area (Å²) in [5, 5.41) is 0. The van der Waals surface area contributed by atoms with E-state index in [1.54, 1.807) is 0 Å². The van der Waals surface area contributed by atoms with E-state index in [9.17, 15) is 4.79 Å². The van der Waals surface area contributed by atoms with Gasteiger partial charge < -0.3 is 14.9 Å². The molecule has 8 bridgehead atoms. The van der Waals surface area contributed by atoms with Crippen LogP contribution in [0, 0.1) is 0 Å². The third-order valence-corrected chi connectivity index (χ3v) is 10.7. The number of amides is 1. The summed E-state index contributed by atoms with van der Waals surface area (Å²) in [7, 11) is 1.91. The summed E-state index contributed by atoms with van der Waals surface area (Å²) >= 11 is 0. The summed E-state index contributed by atoms with van der Waals surface area (Å²) in [4.78, 5) is 34.8. The van der Waals surface area contributed by atoms with Gasteiger partial charge in [-0.3, -0.25) is 4.79 Å². The molecule has 2 aliphatic rings. The van der Waals surface area contributed by atoms with Crippen LogP contribution in [-0.2, 0) is 25.7 Å². The molecule has 5 heterocycles. The third-order valence-electron chi connectivity index (χ3n) is 10.7. The van der Waals surface area contributed by atoms with Crippen LogP contribution in [-0.4, -0.2) is 32.9 Å². The molecule has 0 radical (unpaired) electrons. The molecular formula is C44H53N5O. The van der Waals surface area contributed by atoms with Gasteiger partial charge in [0.05, 0.1) is 34.0 Å². The van der Waals surface area contributed by atoms with Gasteiger partial charge in [0, 0.05) is 29.2 Å². The number of H-pyrrole nitrogens is 2. The zero-order chi connectivity index (χ0) is 35.7. The fourth-order valence-electron chi connectivity index (χ4n) is 8.37. The Morgan fingerprint density at radius 1 is 0.560 bits per heavy atom. The smallest absolute Gasteiger partial charge is 0.258 e. The lowest BCUT2D eigenvalue weighted by Gasteiger charge is -2.21. The van der Waals surface area contributed by atoms with E-state index >= 15 is 0 Å². The molecule has 0 saturated heterocycles. The maximum absolute atomic E-state index is 14.3. The van der Waals surface area contributed by atoms with Crippen molar-refractivity contribution in [2.24, 2.45) is 0 Å².